The zero-order valence-electron chi connectivity index (χ0n) is 14.8. The SMILES string of the molecule is CN(C)S(=O)(=O)/C(=C1\C=C(Cc2ccccc2)OC(S(C)(=O)=O)=C1)[N+](=O)[O-]. The number of benzene rings is 1. The third-order valence-corrected chi connectivity index (χ3v) is 6.31. The molecule has 0 unspecified atom stereocenters. The molecule has 1 aliphatic heterocycles. The first-order valence-corrected chi connectivity index (χ1v) is 10.9. The molecular weight excluding hydrogens is 396 g/mol. The number of hydrogen-bond donors (Lipinski definition) is 0. The van der Waals surface area contributed by atoms with E-state index < -0.39 is 34.9 Å². The van der Waals surface area contributed by atoms with Crippen LogP contribution in [0.15, 0.2) is 63.9 Å². The number of allylic oxidation sites excluding steroid dienone is 4. The second kappa shape index (κ2) is 7.62. The average Bonchev–Trinajstić information content (AvgIpc) is 2.54. The first-order chi connectivity index (χ1) is 12.4. The van der Waals surface area contributed by atoms with Gasteiger partial charge in [0.15, 0.2) is 0 Å². The molecule has 0 saturated heterocycles. The Kier molecular flexibility index (Phi) is 5.88. The molecule has 9 nitrogen and oxygen atoms in total. The Morgan fingerprint density at radius 1 is 1.11 bits per heavy atom. The van der Waals surface area contributed by atoms with Crippen molar-refractivity contribution in [2.75, 3.05) is 20.4 Å². The van der Waals surface area contributed by atoms with Crippen LogP contribution in [-0.4, -0.2) is 46.4 Å². The third kappa shape index (κ3) is 4.81. The molecule has 11 heteroatoms. The van der Waals surface area contributed by atoms with Gasteiger partial charge in [-0.3, -0.25) is 10.1 Å². The van der Waals surface area contributed by atoms with Crippen molar-refractivity contribution in [1.29, 1.82) is 0 Å². The van der Waals surface area contributed by atoms with Crippen LogP contribution < -0.4 is 0 Å². The molecule has 0 aromatic heterocycles. The Bertz CT molecular complexity index is 1050. The van der Waals surface area contributed by atoms with Crippen LogP contribution in [0.5, 0.6) is 0 Å². The van der Waals surface area contributed by atoms with Crippen LogP contribution in [0.25, 0.3) is 0 Å². The highest BCUT2D eigenvalue weighted by atomic mass is 32.2. The van der Waals surface area contributed by atoms with Crippen molar-refractivity contribution in [3.63, 3.8) is 0 Å². The average molecular weight is 414 g/mol. The second-order valence-corrected chi connectivity index (χ2v) is 9.93. The summed E-state index contributed by atoms with van der Waals surface area (Å²) in [6.07, 6.45) is 3.02. The van der Waals surface area contributed by atoms with E-state index in [1.165, 1.54) is 6.08 Å². The second-order valence-electron chi connectivity index (χ2n) is 5.92. The molecule has 0 amide bonds. The number of ether oxygens (including phenoxy) is 1. The maximum absolute atomic E-state index is 12.4. The maximum atomic E-state index is 12.4. The summed E-state index contributed by atoms with van der Waals surface area (Å²) in [7, 11) is -6.01. The Balaban J connectivity index is 2.69. The summed E-state index contributed by atoms with van der Waals surface area (Å²) < 4.78 is 54.7. The number of rotatable bonds is 6. The molecule has 0 saturated carbocycles. The highest BCUT2D eigenvalue weighted by Gasteiger charge is 2.37. The molecule has 1 aromatic rings. The lowest BCUT2D eigenvalue weighted by molar-refractivity contribution is -0.412. The molecule has 0 radical (unpaired) electrons. The van der Waals surface area contributed by atoms with Crippen molar-refractivity contribution in [1.82, 2.24) is 4.31 Å². The molecule has 2 rings (SSSR count). The zero-order chi connectivity index (χ0) is 20.4. The van der Waals surface area contributed by atoms with Crippen LogP contribution in [-0.2, 0) is 31.0 Å². The van der Waals surface area contributed by atoms with Crippen molar-refractivity contribution >= 4 is 19.9 Å². The van der Waals surface area contributed by atoms with Gasteiger partial charge in [-0.25, -0.2) is 16.8 Å². The van der Waals surface area contributed by atoms with Gasteiger partial charge >= 0.3 is 15.1 Å². The summed E-state index contributed by atoms with van der Waals surface area (Å²) in [5.41, 5.74) is 0.391. The quantitative estimate of drug-likeness (QED) is 0.509. The van der Waals surface area contributed by atoms with E-state index in [0.717, 1.165) is 32.0 Å². The van der Waals surface area contributed by atoms with Crippen LogP contribution in [0.3, 0.4) is 0 Å². The lowest BCUT2D eigenvalue weighted by Gasteiger charge is -2.18. The first-order valence-electron chi connectivity index (χ1n) is 7.58. The highest BCUT2D eigenvalue weighted by molar-refractivity contribution is 7.94. The van der Waals surface area contributed by atoms with Crippen LogP contribution in [0, 0.1) is 10.1 Å². The van der Waals surface area contributed by atoms with Gasteiger partial charge < -0.3 is 4.74 Å². The number of nitrogens with zero attached hydrogens (tertiary/aromatic N) is 2. The largest absolute Gasteiger partial charge is 0.449 e. The maximum Gasteiger partial charge on any atom is 0.381 e. The first kappa shape index (κ1) is 20.8. The van der Waals surface area contributed by atoms with Crippen LogP contribution in [0.2, 0.25) is 0 Å². The van der Waals surface area contributed by atoms with Gasteiger partial charge in [0.2, 0.25) is 14.9 Å². The van der Waals surface area contributed by atoms with Crippen molar-refractivity contribution < 1.29 is 26.5 Å². The molecular formula is C16H18N2O7S2. The Labute approximate surface area is 157 Å². The minimum absolute atomic E-state index is 0.0763. The van der Waals surface area contributed by atoms with Gasteiger partial charge in [-0.05, 0) is 11.6 Å². The molecule has 0 fully saturated rings. The van der Waals surface area contributed by atoms with Crippen LogP contribution in [0.1, 0.15) is 5.56 Å². The minimum atomic E-state index is -4.43. The molecule has 0 atom stereocenters. The predicted octanol–water partition coefficient (Wildman–Crippen LogP) is 1.41. The van der Waals surface area contributed by atoms with Crippen LogP contribution >= 0.6 is 0 Å². The van der Waals surface area contributed by atoms with Crippen molar-refractivity contribution in [3.8, 4) is 0 Å². The van der Waals surface area contributed by atoms with Gasteiger partial charge in [0.25, 0.3) is 0 Å². The highest BCUT2D eigenvalue weighted by Crippen LogP contribution is 2.29. The van der Waals surface area contributed by atoms with E-state index in [1.54, 1.807) is 30.3 Å². The van der Waals surface area contributed by atoms with Gasteiger partial charge in [0, 0.05) is 32.8 Å². The lowest BCUT2D eigenvalue weighted by Crippen LogP contribution is -2.28. The summed E-state index contributed by atoms with van der Waals surface area (Å²) in [4.78, 5) is 10.4. The van der Waals surface area contributed by atoms with E-state index in [4.69, 9.17) is 4.74 Å². The molecule has 0 spiro atoms. The molecule has 1 heterocycles. The van der Waals surface area contributed by atoms with E-state index >= 15 is 0 Å². The van der Waals surface area contributed by atoms with E-state index in [1.807, 2.05) is 0 Å². The van der Waals surface area contributed by atoms with Crippen molar-refractivity contribution in [2.45, 2.75) is 6.42 Å². The smallest absolute Gasteiger partial charge is 0.381 e. The molecule has 0 aliphatic carbocycles. The van der Waals surface area contributed by atoms with E-state index in [2.05, 4.69) is 0 Å². The Hall–Kier alpha value is -2.50. The molecule has 146 valence electrons. The standard InChI is InChI=1S/C16H18N2O7S2/c1-17(2)27(23,24)16(18(19)20)13-10-14(9-12-7-5-4-6-8-12)25-15(11-13)26(3,21)22/h4-8,10-11H,9H2,1-3H3/b16-13+. The van der Waals surface area contributed by atoms with Gasteiger partial charge in [-0.2, -0.15) is 4.31 Å². The lowest BCUT2D eigenvalue weighted by atomic mass is 10.1. The minimum Gasteiger partial charge on any atom is -0.449 e. The van der Waals surface area contributed by atoms with E-state index in [-0.39, 0.29) is 17.8 Å². The monoisotopic (exact) mass is 414 g/mol. The van der Waals surface area contributed by atoms with Crippen LogP contribution in [0.4, 0.5) is 0 Å². The topological polar surface area (TPSA) is 124 Å². The third-order valence-electron chi connectivity index (χ3n) is 3.55. The summed E-state index contributed by atoms with van der Waals surface area (Å²) >= 11 is 0. The van der Waals surface area contributed by atoms with Gasteiger partial charge in [0.05, 0.1) is 10.5 Å². The fourth-order valence-corrected chi connectivity index (χ4v) is 3.79. The normalized spacial score (nSPS) is 17.0. The fourth-order valence-electron chi connectivity index (χ4n) is 2.24. The summed E-state index contributed by atoms with van der Waals surface area (Å²) in [6, 6.07) is 8.85. The molecule has 1 aromatic carbocycles. The van der Waals surface area contributed by atoms with E-state index in [0.29, 0.717) is 4.31 Å². The summed E-state index contributed by atoms with van der Waals surface area (Å²) in [6.45, 7) is 0. The molecule has 0 bridgehead atoms. The number of sulfonamides is 1. The van der Waals surface area contributed by atoms with Gasteiger partial charge in [-0.15, -0.1) is 0 Å². The number of hydrogen-bond acceptors (Lipinski definition) is 7. The number of sulfone groups is 1. The van der Waals surface area contributed by atoms with E-state index in [9.17, 15) is 26.9 Å². The Morgan fingerprint density at radius 3 is 2.19 bits per heavy atom. The fraction of sp³-hybridized carbons (Fsp3) is 0.250. The molecule has 1 aliphatic rings. The van der Waals surface area contributed by atoms with Gasteiger partial charge in [0.1, 0.15) is 5.76 Å². The van der Waals surface area contributed by atoms with Gasteiger partial charge in [-0.1, -0.05) is 30.3 Å². The molecule has 0 N–H and O–H groups in total. The zero-order valence-corrected chi connectivity index (χ0v) is 16.5. The summed E-state index contributed by atoms with van der Waals surface area (Å²) in [5.74, 6) is 0.0763. The Morgan fingerprint density at radius 2 is 1.70 bits per heavy atom. The summed E-state index contributed by atoms with van der Waals surface area (Å²) in [5, 5.41) is 9.79. The van der Waals surface area contributed by atoms with Crippen molar-refractivity contribution in [3.05, 3.63) is 79.6 Å². The van der Waals surface area contributed by atoms with Crippen molar-refractivity contribution in [2.24, 2.45) is 0 Å². The molecule has 27 heavy (non-hydrogen) atoms. The number of nitro groups is 1. The predicted molar refractivity (Wildman–Crippen MR) is 98.9 cm³/mol.